The fraction of sp³-hybridized carbons (Fsp3) is 0.778. The second-order valence-corrected chi connectivity index (χ2v) is 4.24. The van der Waals surface area contributed by atoms with Gasteiger partial charge in [-0.05, 0) is 18.9 Å². The van der Waals surface area contributed by atoms with Crippen LogP contribution in [0.3, 0.4) is 0 Å². The first-order valence-corrected chi connectivity index (χ1v) is 5.90. The molecule has 1 rings (SSSR count). The number of halogens is 2. The predicted molar refractivity (Wildman–Crippen MR) is 57.9 cm³/mol. The van der Waals surface area contributed by atoms with Crippen molar-refractivity contribution >= 4 is 27.5 Å². The molecular weight excluding hydrogens is 237 g/mol. The van der Waals surface area contributed by atoms with Crippen LogP contribution in [0.4, 0.5) is 0 Å². The Bertz CT molecular complexity index is 161. The molecule has 0 aromatic carbocycles. The minimum Gasteiger partial charge on any atom is -0.296 e. The Kier molecular flexibility index (Phi) is 4.62. The molecule has 1 fully saturated rings. The Hall–Kier alpha value is 0.470. The number of hydrogen-bond acceptors (Lipinski definition) is 1. The van der Waals surface area contributed by atoms with Gasteiger partial charge in [-0.3, -0.25) is 4.90 Å². The Morgan fingerprint density at radius 2 is 2.42 bits per heavy atom. The molecule has 2 atom stereocenters. The molecule has 1 nitrogen and oxygen atoms in total. The van der Waals surface area contributed by atoms with Gasteiger partial charge < -0.3 is 0 Å². The van der Waals surface area contributed by atoms with E-state index in [0.29, 0.717) is 6.04 Å². The molecule has 70 valence electrons. The maximum absolute atomic E-state index is 5.49. The standard InChI is InChI=1S/C9H15BrClN/c1-8-3-6-12(5-2-4-11)9(8)7-10/h2,4,8-9H,3,5-7H2,1H3/b4-2+. The van der Waals surface area contributed by atoms with Gasteiger partial charge in [-0.15, -0.1) is 0 Å². The Balaban J connectivity index is 2.42. The normalized spacial score (nSPS) is 31.9. The van der Waals surface area contributed by atoms with E-state index in [9.17, 15) is 0 Å². The van der Waals surface area contributed by atoms with Crippen LogP contribution in [0.25, 0.3) is 0 Å². The van der Waals surface area contributed by atoms with Crippen LogP contribution < -0.4 is 0 Å². The molecule has 0 aliphatic carbocycles. The van der Waals surface area contributed by atoms with Crippen LogP contribution >= 0.6 is 27.5 Å². The van der Waals surface area contributed by atoms with Gasteiger partial charge in [0.25, 0.3) is 0 Å². The minimum absolute atomic E-state index is 0.692. The summed E-state index contributed by atoms with van der Waals surface area (Å²) >= 11 is 9.04. The zero-order valence-electron chi connectivity index (χ0n) is 7.34. The summed E-state index contributed by atoms with van der Waals surface area (Å²) in [7, 11) is 0. The molecule has 0 spiro atoms. The number of nitrogens with zero attached hydrogens (tertiary/aromatic N) is 1. The summed E-state index contributed by atoms with van der Waals surface area (Å²) in [5.74, 6) is 0.813. The lowest BCUT2D eigenvalue weighted by molar-refractivity contribution is 0.278. The zero-order chi connectivity index (χ0) is 8.97. The van der Waals surface area contributed by atoms with Crippen molar-refractivity contribution in [2.75, 3.05) is 18.4 Å². The molecule has 12 heavy (non-hydrogen) atoms. The van der Waals surface area contributed by atoms with Crippen LogP contribution in [0.2, 0.25) is 0 Å². The van der Waals surface area contributed by atoms with Gasteiger partial charge in [0.1, 0.15) is 0 Å². The van der Waals surface area contributed by atoms with Gasteiger partial charge in [0.05, 0.1) is 0 Å². The molecular formula is C9H15BrClN. The molecule has 0 aromatic heterocycles. The Labute approximate surface area is 87.9 Å². The summed E-state index contributed by atoms with van der Waals surface area (Å²) < 4.78 is 0. The van der Waals surface area contributed by atoms with Gasteiger partial charge in [0.2, 0.25) is 0 Å². The second-order valence-electron chi connectivity index (χ2n) is 3.34. The third-order valence-corrected chi connectivity index (χ3v) is 3.43. The van der Waals surface area contributed by atoms with Gasteiger partial charge >= 0.3 is 0 Å². The summed E-state index contributed by atoms with van der Waals surface area (Å²) in [6, 6.07) is 0.692. The fourth-order valence-electron chi connectivity index (χ4n) is 1.74. The van der Waals surface area contributed by atoms with Crippen molar-refractivity contribution in [3.63, 3.8) is 0 Å². The van der Waals surface area contributed by atoms with Crippen molar-refractivity contribution in [3.05, 3.63) is 11.6 Å². The molecule has 2 unspecified atom stereocenters. The highest BCUT2D eigenvalue weighted by atomic mass is 79.9. The number of likely N-dealkylation sites (tertiary alicyclic amines) is 1. The third kappa shape index (κ3) is 2.48. The van der Waals surface area contributed by atoms with Gasteiger partial charge in [-0.2, -0.15) is 0 Å². The van der Waals surface area contributed by atoms with E-state index in [-0.39, 0.29) is 0 Å². The largest absolute Gasteiger partial charge is 0.296 e. The summed E-state index contributed by atoms with van der Waals surface area (Å²) in [5.41, 5.74) is 1.61. The van der Waals surface area contributed by atoms with Crippen molar-refractivity contribution < 1.29 is 0 Å². The van der Waals surface area contributed by atoms with E-state index in [4.69, 9.17) is 11.6 Å². The van der Waals surface area contributed by atoms with Gasteiger partial charge in [-0.25, -0.2) is 0 Å². The van der Waals surface area contributed by atoms with Gasteiger partial charge in [0.15, 0.2) is 0 Å². The molecule has 3 heteroatoms. The molecule has 1 saturated heterocycles. The molecule has 1 aliphatic rings. The Morgan fingerprint density at radius 1 is 1.67 bits per heavy atom. The maximum atomic E-state index is 5.49. The second kappa shape index (κ2) is 5.25. The maximum Gasteiger partial charge on any atom is 0.0222 e. The number of hydrogen-bond donors (Lipinski definition) is 0. The first kappa shape index (κ1) is 10.6. The van der Waals surface area contributed by atoms with E-state index in [1.54, 1.807) is 5.54 Å². The fourth-order valence-corrected chi connectivity index (χ4v) is 2.87. The van der Waals surface area contributed by atoms with Crippen molar-refractivity contribution in [3.8, 4) is 0 Å². The highest BCUT2D eigenvalue weighted by Crippen LogP contribution is 2.24. The zero-order valence-corrected chi connectivity index (χ0v) is 9.68. The molecule has 0 radical (unpaired) electrons. The molecule has 0 amide bonds. The van der Waals surface area contributed by atoms with Crippen molar-refractivity contribution in [2.24, 2.45) is 5.92 Å². The van der Waals surface area contributed by atoms with Crippen molar-refractivity contribution in [1.29, 1.82) is 0 Å². The van der Waals surface area contributed by atoms with E-state index in [1.807, 2.05) is 6.08 Å². The molecule has 1 aliphatic heterocycles. The first-order valence-electron chi connectivity index (χ1n) is 4.34. The third-order valence-electron chi connectivity index (χ3n) is 2.58. The molecule has 1 heterocycles. The predicted octanol–water partition coefficient (Wildman–Crippen LogP) is 2.84. The van der Waals surface area contributed by atoms with E-state index in [2.05, 4.69) is 27.8 Å². The molecule has 0 bridgehead atoms. The van der Waals surface area contributed by atoms with E-state index >= 15 is 0 Å². The quantitative estimate of drug-likeness (QED) is 0.698. The van der Waals surface area contributed by atoms with Crippen LogP contribution in [0.5, 0.6) is 0 Å². The van der Waals surface area contributed by atoms with Crippen LogP contribution in [0, 0.1) is 5.92 Å². The highest BCUT2D eigenvalue weighted by Gasteiger charge is 2.28. The molecule has 0 N–H and O–H groups in total. The van der Waals surface area contributed by atoms with Crippen LogP contribution in [0.1, 0.15) is 13.3 Å². The number of alkyl halides is 1. The summed E-state index contributed by atoms with van der Waals surface area (Å²) in [4.78, 5) is 2.47. The monoisotopic (exact) mass is 251 g/mol. The van der Waals surface area contributed by atoms with Gasteiger partial charge in [0, 0.05) is 23.5 Å². The Morgan fingerprint density at radius 3 is 3.00 bits per heavy atom. The molecule has 0 aromatic rings. The van der Waals surface area contributed by atoms with Crippen LogP contribution in [-0.2, 0) is 0 Å². The summed E-state index contributed by atoms with van der Waals surface area (Å²) in [6.45, 7) is 4.51. The van der Waals surface area contributed by atoms with Crippen molar-refractivity contribution in [1.82, 2.24) is 4.90 Å². The van der Waals surface area contributed by atoms with E-state index < -0.39 is 0 Å². The summed E-state index contributed by atoms with van der Waals surface area (Å²) in [6.07, 6.45) is 3.32. The molecule has 0 saturated carbocycles. The first-order chi connectivity index (χ1) is 5.79. The van der Waals surface area contributed by atoms with E-state index in [1.165, 1.54) is 13.0 Å². The lowest BCUT2D eigenvalue weighted by Crippen LogP contribution is -2.33. The van der Waals surface area contributed by atoms with Crippen molar-refractivity contribution in [2.45, 2.75) is 19.4 Å². The SMILES string of the molecule is CC1CCN(C/C=C/Cl)C1CBr. The topological polar surface area (TPSA) is 3.24 Å². The average molecular weight is 253 g/mol. The number of rotatable bonds is 3. The lowest BCUT2D eigenvalue weighted by Gasteiger charge is -2.23. The highest BCUT2D eigenvalue weighted by molar-refractivity contribution is 9.09. The smallest absolute Gasteiger partial charge is 0.0222 e. The lowest BCUT2D eigenvalue weighted by atomic mass is 10.1. The van der Waals surface area contributed by atoms with E-state index in [0.717, 1.165) is 17.8 Å². The average Bonchev–Trinajstić information content (AvgIpc) is 2.43. The van der Waals surface area contributed by atoms with Crippen LogP contribution in [-0.4, -0.2) is 29.4 Å². The summed E-state index contributed by atoms with van der Waals surface area (Å²) in [5, 5.41) is 1.07. The minimum atomic E-state index is 0.692. The van der Waals surface area contributed by atoms with Gasteiger partial charge in [-0.1, -0.05) is 40.5 Å². The van der Waals surface area contributed by atoms with Crippen LogP contribution in [0.15, 0.2) is 11.6 Å².